The van der Waals surface area contributed by atoms with Gasteiger partial charge < -0.3 is 15.5 Å². The number of fused-ring (bicyclic) bond motifs is 1. The van der Waals surface area contributed by atoms with Crippen molar-refractivity contribution in [3.63, 3.8) is 0 Å². The number of para-hydroxylation sites is 1. The van der Waals surface area contributed by atoms with E-state index in [1.807, 2.05) is 30.3 Å². The summed E-state index contributed by atoms with van der Waals surface area (Å²) < 4.78 is 0. The molecule has 2 amide bonds. The van der Waals surface area contributed by atoms with Gasteiger partial charge in [-0.3, -0.25) is 14.7 Å². The molecule has 1 atom stereocenters. The third-order valence-corrected chi connectivity index (χ3v) is 5.13. The van der Waals surface area contributed by atoms with Gasteiger partial charge in [-0.05, 0) is 25.0 Å². The first kappa shape index (κ1) is 16.8. The maximum absolute atomic E-state index is 12.9. The number of carbonyl (C=O) groups excluding carboxylic acids is 2. The molecule has 2 aromatic rings. The van der Waals surface area contributed by atoms with Crippen LogP contribution in [0.25, 0.3) is 0 Å². The van der Waals surface area contributed by atoms with Crippen LogP contribution in [-0.4, -0.2) is 46.5 Å². The number of aromatic amines is 1. The fraction of sp³-hybridized carbons (Fsp3) is 0.421. The number of benzene rings is 1. The lowest BCUT2D eigenvalue weighted by Gasteiger charge is -2.32. The number of amides is 2. The Bertz CT molecular complexity index is 802. The highest BCUT2D eigenvalue weighted by molar-refractivity contribution is 5.96. The zero-order valence-electron chi connectivity index (χ0n) is 14.6. The van der Waals surface area contributed by atoms with Crippen LogP contribution in [0, 0.1) is 5.92 Å². The summed E-state index contributed by atoms with van der Waals surface area (Å²) in [6.45, 7) is 2.67. The average molecular weight is 353 g/mol. The van der Waals surface area contributed by atoms with E-state index in [0.29, 0.717) is 25.3 Å². The summed E-state index contributed by atoms with van der Waals surface area (Å²) in [5, 5.41) is 13.5. The van der Waals surface area contributed by atoms with Crippen molar-refractivity contribution < 1.29 is 9.59 Å². The minimum atomic E-state index is -0.194. The minimum absolute atomic E-state index is 0.0283. The molecule has 1 aromatic carbocycles. The van der Waals surface area contributed by atoms with Gasteiger partial charge in [0.2, 0.25) is 5.91 Å². The smallest absolute Gasteiger partial charge is 0.274 e. The van der Waals surface area contributed by atoms with Gasteiger partial charge in [-0.2, -0.15) is 5.10 Å². The molecule has 0 spiro atoms. The van der Waals surface area contributed by atoms with Crippen molar-refractivity contribution in [2.24, 2.45) is 5.92 Å². The van der Waals surface area contributed by atoms with Crippen molar-refractivity contribution in [3.05, 3.63) is 47.3 Å². The highest BCUT2D eigenvalue weighted by atomic mass is 16.2. The van der Waals surface area contributed by atoms with Gasteiger partial charge >= 0.3 is 0 Å². The summed E-state index contributed by atoms with van der Waals surface area (Å²) in [5.74, 6) is -0.302. The van der Waals surface area contributed by atoms with Crippen LogP contribution in [-0.2, 0) is 17.8 Å². The van der Waals surface area contributed by atoms with Crippen molar-refractivity contribution in [1.29, 1.82) is 0 Å². The number of anilines is 1. The Morgan fingerprint density at radius 3 is 2.92 bits per heavy atom. The zero-order chi connectivity index (χ0) is 17.9. The third-order valence-electron chi connectivity index (χ3n) is 5.13. The number of rotatable bonds is 3. The van der Waals surface area contributed by atoms with Gasteiger partial charge in [0.25, 0.3) is 5.91 Å². The molecule has 0 bridgehead atoms. The molecule has 1 fully saturated rings. The van der Waals surface area contributed by atoms with Crippen LogP contribution in [0.15, 0.2) is 30.3 Å². The molecule has 0 radical (unpaired) electrons. The normalized spacial score (nSPS) is 19.7. The highest BCUT2D eigenvalue weighted by Gasteiger charge is 2.32. The first-order valence-corrected chi connectivity index (χ1v) is 9.14. The SMILES string of the molecule is O=C(Nc1ccccc1)C1CCCN(C(=O)c2n[nH]c3c2CNCC3)C1. The molecular weight excluding hydrogens is 330 g/mol. The molecule has 26 heavy (non-hydrogen) atoms. The third kappa shape index (κ3) is 3.35. The van der Waals surface area contributed by atoms with E-state index in [4.69, 9.17) is 0 Å². The Balaban J connectivity index is 1.44. The van der Waals surface area contributed by atoms with Gasteiger partial charge in [0.05, 0.1) is 5.92 Å². The van der Waals surface area contributed by atoms with E-state index in [-0.39, 0.29) is 17.7 Å². The molecule has 4 rings (SSSR count). The number of aromatic nitrogens is 2. The topological polar surface area (TPSA) is 90.1 Å². The number of piperidine rings is 1. The van der Waals surface area contributed by atoms with E-state index in [0.717, 1.165) is 42.8 Å². The summed E-state index contributed by atoms with van der Waals surface area (Å²) >= 11 is 0. The summed E-state index contributed by atoms with van der Waals surface area (Å²) in [5.41, 5.74) is 3.30. The first-order valence-electron chi connectivity index (χ1n) is 9.14. The molecule has 1 aromatic heterocycles. The van der Waals surface area contributed by atoms with Crippen LogP contribution >= 0.6 is 0 Å². The van der Waals surface area contributed by atoms with Gasteiger partial charge in [0.15, 0.2) is 5.69 Å². The molecule has 136 valence electrons. The molecule has 7 heteroatoms. The van der Waals surface area contributed by atoms with Crippen molar-refractivity contribution >= 4 is 17.5 Å². The number of likely N-dealkylation sites (tertiary alicyclic amines) is 1. The first-order chi connectivity index (χ1) is 12.7. The van der Waals surface area contributed by atoms with E-state index in [9.17, 15) is 9.59 Å². The number of hydrogen-bond acceptors (Lipinski definition) is 4. The molecule has 7 nitrogen and oxygen atoms in total. The van der Waals surface area contributed by atoms with Crippen LogP contribution in [0.4, 0.5) is 5.69 Å². The molecule has 0 saturated carbocycles. The molecular formula is C19H23N5O2. The second kappa shape index (κ2) is 7.29. The van der Waals surface area contributed by atoms with Crippen LogP contribution in [0.1, 0.15) is 34.6 Å². The van der Waals surface area contributed by atoms with Gasteiger partial charge in [0.1, 0.15) is 0 Å². The summed E-state index contributed by atoms with van der Waals surface area (Å²) in [6, 6.07) is 9.43. The van der Waals surface area contributed by atoms with E-state index in [1.54, 1.807) is 4.90 Å². The molecule has 1 saturated heterocycles. The Morgan fingerprint density at radius 1 is 1.23 bits per heavy atom. The minimum Gasteiger partial charge on any atom is -0.336 e. The fourth-order valence-electron chi connectivity index (χ4n) is 3.69. The maximum Gasteiger partial charge on any atom is 0.274 e. The zero-order valence-corrected chi connectivity index (χ0v) is 14.6. The van der Waals surface area contributed by atoms with Gasteiger partial charge in [-0.25, -0.2) is 0 Å². The van der Waals surface area contributed by atoms with Crippen molar-refractivity contribution in [2.45, 2.75) is 25.8 Å². The summed E-state index contributed by atoms with van der Waals surface area (Å²) in [6.07, 6.45) is 2.48. The van der Waals surface area contributed by atoms with Gasteiger partial charge in [0, 0.05) is 49.5 Å². The van der Waals surface area contributed by atoms with Gasteiger partial charge in [-0.1, -0.05) is 18.2 Å². The molecule has 2 aliphatic heterocycles. The maximum atomic E-state index is 12.9. The Morgan fingerprint density at radius 2 is 2.08 bits per heavy atom. The number of H-pyrrole nitrogens is 1. The lowest BCUT2D eigenvalue weighted by molar-refractivity contribution is -0.121. The molecule has 3 heterocycles. The highest BCUT2D eigenvalue weighted by Crippen LogP contribution is 2.23. The standard InChI is InChI=1S/C19H23N5O2/c25-18(21-14-6-2-1-3-7-14)13-5-4-10-24(12-13)19(26)17-15-11-20-9-8-16(15)22-23-17/h1-3,6-7,13,20H,4-5,8-12H2,(H,21,25)(H,22,23). The summed E-state index contributed by atoms with van der Waals surface area (Å²) in [4.78, 5) is 27.3. The molecule has 0 aliphatic carbocycles. The number of hydrogen-bond donors (Lipinski definition) is 3. The number of nitrogens with one attached hydrogen (secondary N) is 3. The average Bonchev–Trinajstić information content (AvgIpc) is 3.12. The van der Waals surface area contributed by atoms with E-state index < -0.39 is 0 Å². The van der Waals surface area contributed by atoms with Crippen LogP contribution < -0.4 is 10.6 Å². The number of nitrogens with zero attached hydrogens (tertiary/aromatic N) is 2. The van der Waals surface area contributed by atoms with E-state index in [1.165, 1.54) is 0 Å². The van der Waals surface area contributed by atoms with Crippen molar-refractivity contribution in [1.82, 2.24) is 20.4 Å². The molecule has 1 unspecified atom stereocenters. The van der Waals surface area contributed by atoms with E-state index in [2.05, 4.69) is 20.8 Å². The van der Waals surface area contributed by atoms with Gasteiger partial charge in [-0.15, -0.1) is 0 Å². The predicted molar refractivity (Wildman–Crippen MR) is 97.7 cm³/mol. The van der Waals surface area contributed by atoms with Crippen molar-refractivity contribution in [2.75, 3.05) is 25.0 Å². The number of carbonyl (C=O) groups is 2. The molecule has 2 aliphatic rings. The fourth-order valence-corrected chi connectivity index (χ4v) is 3.69. The van der Waals surface area contributed by atoms with E-state index >= 15 is 0 Å². The quantitative estimate of drug-likeness (QED) is 0.781. The van der Waals surface area contributed by atoms with Crippen molar-refractivity contribution in [3.8, 4) is 0 Å². The Labute approximate surface area is 152 Å². The predicted octanol–water partition coefficient (Wildman–Crippen LogP) is 1.55. The van der Waals surface area contributed by atoms with Crippen LogP contribution in [0.5, 0.6) is 0 Å². The Kier molecular flexibility index (Phi) is 4.71. The second-order valence-corrected chi connectivity index (χ2v) is 6.90. The van der Waals surface area contributed by atoms with Crippen LogP contribution in [0.2, 0.25) is 0 Å². The Hall–Kier alpha value is -2.67. The lowest BCUT2D eigenvalue weighted by Crippen LogP contribution is -2.44. The molecule has 3 N–H and O–H groups in total. The van der Waals surface area contributed by atoms with Crippen LogP contribution in [0.3, 0.4) is 0 Å². The summed E-state index contributed by atoms with van der Waals surface area (Å²) in [7, 11) is 0. The largest absolute Gasteiger partial charge is 0.336 e. The monoisotopic (exact) mass is 353 g/mol. The lowest BCUT2D eigenvalue weighted by atomic mass is 9.96. The second-order valence-electron chi connectivity index (χ2n) is 6.90.